The lowest BCUT2D eigenvalue weighted by Crippen LogP contribution is -2.28. The monoisotopic (exact) mass is 351 g/mol. The molecule has 7 heteroatoms. The van der Waals surface area contributed by atoms with E-state index in [0.29, 0.717) is 5.16 Å². The summed E-state index contributed by atoms with van der Waals surface area (Å²) in [5.74, 6) is 0.171. The SMILES string of the molecule is CC(NC(=O)CSc1nccc(-c2ccccn2)n1)c1cccnc1. The van der Waals surface area contributed by atoms with E-state index in [0.717, 1.165) is 17.0 Å². The second-order valence-corrected chi connectivity index (χ2v) is 6.25. The third-order valence-corrected chi connectivity index (χ3v) is 4.32. The molecule has 3 aromatic rings. The quantitative estimate of drug-likeness (QED) is 0.543. The van der Waals surface area contributed by atoms with Crippen LogP contribution in [-0.4, -0.2) is 31.6 Å². The van der Waals surface area contributed by atoms with E-state index in [-0.39, 0.29) is 17.7 Å². The van der Waals surface area contributed by atoms with Gasteiger partial charge in [0, 0.05) is 24.8 Å². The Bertz CT molecular complexity index is 829. The highest BCUT2D eigenvalue weighted by molar-refractivity contribution is 7.99. The van der Waals surface area contributed by atoms with Gasteiger partial charge >= 0.3 is 0 Å². The Hall–Kier alpha value is -2.80. The molecule has 0 bridgehead atoms. The van der Waals surface area contributed by atoms with Gasteiger partial charge in [-0.05, 0) is 36.8 Å². The fourth-order valence-electron chi connectivity index (χ4n) is 2.20. The maximum atomic E-state index is 12.1. The van der Waals surface area contributed by atoms with Crippen molar-refractivity contribution in [3.63, 3.8) is 0 Å². The predicted octanol–water partition coefficient (Wildman–Crippen LogP) is 2.90. The van der Waals surface area contributed by atoms with Crippen LogP contribution in [0.15, 0.2) is 66.3 Å². The van der Waals surface area contributed by atoms with Gasteiger partial charge in [-0.15, -0.1) is 0 Å². The summed E-state index contributed by atoms with van der Waals surface area (Å²) >= 11 is 1.30. The lowest BCUT2D eigenvalue weighted by Gasteiger charge is -2.13. The first kappa shape index (κ1) is 17.0. The number of pyridine rings is 2. The van der Waals surface area contributed by atoms with Crippen LogP contribution in [0.1, 0.15) is 18.5 Å². The van der Waals surface area contributed by atoms with E-state index in [1.165, 1.54) is 11.8 Å². The van der Waals surface area contributed by atoms with Crippen molar-refractivity contribution < 1.29 is 4.79 Å². The Balaban J connectivity index is 1.57. The van der Waals surface area contributed by atoms with Crippen LogP contribution in [0.25, 0.3) is 11.4 Å². The molecule has 0 radical (unpaired) electrons. The van der Waals surface area contributed by atoms with Crippen molar-refractivity contribution in [1.82, 2.24) is 25.3 Å². The number of aromatic nitrogens is 4. The van der Waals surface area contributed by atoms with E-state index < -0.39 is 0 Å². The van der Waals surface area contributed by atoms with Crippen molar-refractivity contribution >= 4 is 17.7 Å². The molecule has 3 aromatic heterocycles. The highest BCUT2D eigenvalue weighted by Gasteiger charge is 2.11. The molecule has 6 nitrogen and oxygen atoms in total. The molecule has 1 atom stereocenters. The van der Waals surface area contributed by atoms with Crippen LogP contribution in [0.5, 0.6) is 0 Å². The molecular weight excluding hydrogens is 334 g/mol. The van der Waals surface area contributed by atoms with Crippen molar-refractivity contribution in [1.29, 1.82) is 0 Å². The van der Waals surface area contributed by atoms with Gasteiger partial charge in [-0.3, -0.25) is 14.8 Å². The molecule has 3 rings (SSSR count). The van der Waals surface area contributed by atoms with Gasteiger partial charge in [-0.25, -0.2) is 9.97 Å². The van der Waals surface area contributed by atoms with Crippen molar-refractivity contribution in [2.45, 2.75) is 18.1 Å². The van der Waals surface area contributed by atoms with Crippen LogP contribution in [0.2, 0.25) is 0 Å². The van der Waals surface area contributed by atoms with Gasteiger partial charge in [0.2, 0.25) is 5.91 Å². The lowest BCUT2D eigenvalue weighted by atomic mass is 10.1. The number of hydrogen-bond donors (Lipinski definition) is 1. The average Bonchev–Trinajstić information content (AvgIpc) is 2.68. The Labute approximate surface area is 150 Å². The minimum Gasteiger partial charge on any atom is -0.349 e. The van der Waals surface area contributed by atoms with Crippen LogP contribution in [0, 0.1) is 0 Å². The van der Waals surface area contributed by atoms with Crippen LogP contribution in [0.3, 0.4) is 0 Å². The number of carbonyl (C=O) groups is 1. The van der Waals surface area contributed by atoms with E-state index in [1.54, 1.807) is 30.9 Å². The number of nitrogens with one attached hydrogen (secondary N) is 1. The Morgan fingerprint density at radius 2 is 2.00 bits per heavy atom. The highest BCUT2D eigenvalue weighted by atomic mass is 32.2. The van der Waals surface area contributed by atoms with Crippen LogP contribution < -0.4 is 5.32 Å². The van der Waals surface area contributed by atoms with Gasteiger partial charge in [-0.1, -0.05) is 23.9 Å². The summed E-state index contributed by atoms with van der Waals surface area (Å²) in [6.07, 6.45) is 6.85. The summed E-state index contributed by atoms with van der Waals surface area (Å²) in [7, 11) is 0. The molecule has 0 fully saturated rings. The summed E-state index contributed by atoms with van der Waals surface area (Å²) in [4.78, 5) is 29.1. The predicted molar refractivity (Wildman–Crippen MR) is 96.8 cm³/mol. The number of amides is 1. The molecule has 0 saturated heterocycles. The molecular formula is C18H17N5OS. The maximum absolute atomic E-state index is 12.1. The van der Waals surface area contributed by atoms with Crippen LogP contribution in [0.4, 0.5) is 0 Å². The van der Waals surface area contributed by atoms with Gasteiger partial charge < -0.3 is 5.32 Å². The van der Waals surface area contributed by atoms with E-state index >= 15 is 0 Å². The molecule has 0 aromatic carbocycles. The molecule has 0 aliphatic carbocycles. The molecule has 1 unspecified atom stereocenters. The number of rotatable bonds is 6. The zero-order valence-electron chi connectivity index (χ0n) is 13.7. The molecule has 1 amide bonds. The van der Waals surface area contributed by atoms with Crippen molar-refractivity contribution in [2.75, 3.05) is 5.75 Å². The topological polar surface area (TPSA) is 80.7 Å². The number of hydrogen-bond acceptors (Lipinski definition) is 6. The molecule has 1 N–H and O–H groups in total. The first-order chi connectivity index (χ1) is 12.2. The van der Waals surface area contributed by atoms with Crippen LogP contribution in [-0.2, 0) is 4.79 Å². The molecule has 0 spiro atoms. The number of carbonyl (C=O) groups excluding carboxylic acids is 1. The minimum atomic E-state index is -0.0948. The summed E-state index contributed by atoms with van der Waals surface area (Å²) in [5, 5.41) is 3.49. The molecule has 0 saturated carbocycles. The zero-order chi connectivity index (χ0) is 17.5. The normalized spacial score (nSPS) is 11.7. The average molecular weight is 351 g/mol. The molecule has 0 aliphatic heterocycles. The smallest absolute Gasteiger partial charge is 0.230 e. The highest BCUT2D eigenvalue weighted by Crippen LogP contribution is 2.18. The van der Waals surface area contributed by atoms with Gasteiger partial charge in [0.1, 0.15) is 0 Å². The third-order valence-electron chi connectivity index (χ3n) is 3.46. The second-order valence-electron chi connectivity index (χ2n) is 5.30. The van der Waals surface area contributed by atoms with E-state index in [9.17, 15) is 4.79 Å². The summed E-state index contributed by atoms with van der Waals surface area (Å²) in [5.41, 5.74) is 2.48. The Morgan fingerprint density at radius 3 is 2.76 bits per heavy atom. The summed E-state index contributed by atoms with van der Waals surface area (Å²) in [6, 6.07) is 11.1. The third kappa shape index (κ3) is 4.84. The second kappa shape index (κ2) is 8.34. The largest absolute Gasteiger partial charge is 0.349 e. The van der Waals surface area contributed by atoms with Gasteiger partial charge in [0.15, 0.2) is 5.16 Å². The van der Waals surface area contributed by atoms with Crippen molar-refractivity contribution in [3.05, 3.63) is 66.7 Å². The van der Waals surface area contributed by atoms with Crippen molar-refractivity contribution in [3.8, 4) is 11.4 Å². The van der Waals surface area contributed by atoms with Crippen LogP contribution >= 0.6 is 11.8 Å². The number of thioether (sulfide) groups is 1. The zero-order valence-corrected chi connectivity index (χ0v) is 14.5. The Kier molecular flexibility index (Phi) is 5.69. The van der Waals surface area contributed by atoms with E-state index in [2.05, 4.69) is 25.3 Å². The lowest BCUT2D eigenvalue weighted by molar-refractivity contribution is -0.119. The van der Waals surface area contributed by atoms with E-state index in [4.69, 9.17) is 0 Å². The molecule has 25 heavy (non-hydrogen) atoms. The summed E-state index contributed by atoms with van der Waals surface area (Å²) < 4.78 is 0. The first-order valence-electron chi connectivity index (χ1n) is 7.79. The fourth-order valence-corrected chi connectivity index (χ4v) is 2.84. The van der Waals surface area contributed by atoms with Crippen molar-refractivity contribution in [2.24, 2.45) is 0 Å². The number of nitrogens with zero attached hydrogens (tertiary/aromatic N) is 4. The first-order valence-corrected chi connectivity index (χ1v) is 8.77. The summed E-state index contributed by atoms with van der Waals surface area (Å²) in [6.45, 7) is 1.93. The van der Waals surface area contributed by atoms with Gasteiger partial charge in [-0.2, -0.15) is 0 Å². The Morgan fingerprint density at radius 1 is 1.08 bits per heavy atom. The van der Waals surface area contributed by atoms with Gasteiger partial charge in [0.25, 0.3) is 0 Å². The van der Waals surface area contributed by atoms with Gasteiger partial charge in [0.05, 0.1) is 23.2 Å². The fraction of sp³-hybridized carbons (Fsp3) is 0.167. The molecule has 3 heterocycles. The molecule has 0 aliphatic rings. The standard InChI is InChI=1S/C18H17N5OS/c1-13(14-5-4-8-19-11-14)22-17(24)12-25-18-21-10-7-16(23-18)15-6-2-3-9-20-15/h2-11,13H,12H2,1H3,(H,22,24). The van der Waals surface area contributed by atoms with E-state index in [1.807, 2.05) is 37.3 Å². The molecule has 126 valence electrons. The maximum Gasteiger partial charge on any atom is 0.230 e. The minimum absolute atomic E-state index is 0.0757.